The van der Waals surface area contributed by atoms with Gasteiger partial charge in [-0.25, -0.2) is 0 Å². The Morgan fingerprint density at radius 2 is 1.84 bits per heavy atom. The van der Waals surface area contributed by atoms with Crippen LogP contribution in [-0.2, 0) is 11.2 Å². The molecule has 1 saturated carbocycles. The Morgan fingerprint density at radius 1 is 1.16 bits per heavy atom. The van der Waals surface area contributed by atoms with Gasteiger partial charge in [0.2, 0.25) is 5.91 Å². The Bertz CT molecular complexity index is 416. The predicted molar refractivity (Wildman–Crippen MR) is 72.8 cm³/mol. The minimum absolute atomic E-state index is 0.0726. The van der Waals surface area contributed by atoms with Crippen molar-refractivity contribution in [2.75, 3.05) is 0 Å². The van der Waals surface area contributed by atoms with E-state index in [9.17, 15) is 15.0 Å². The molecule has 1 aliphatic rings. The van der Waals surface area contributed by atoms with E-state index in [2.05, 4.69) is 5.32 Å². The predicted octanol–water partition coefficient (Wildman–Crippen LogP) is 1.74. The summed E-state index contributed by atoms with van der Waals surface area (Å²) < 4.78 is 0. The number of aliphatic hydroxyl groups excluding tert-OH is 1. The highest BCUT2D eigenvalue weighted by Gasteiger charge is 2.22. The quantitative estimate of drug-likeness (QED) is 0.728. The molecule has 19 heavy (non-hydrogen) atoms. The molecule has 0 radical (unpaired) electrons. The maximum absolute atomic E-state index is 11.9. The number of carbonyl (C=O) groups is 1. The summed E-state index contributed by atoms with van der Waals surface area (Å²) in [4.78, 5) is 11.9. The molecular weight excluding hydrogens is 242 g/mol. The number of carbonyl (C=O) groups excluding carboxylic acids is 1. The molecular formula is C15H21NO3. The van der Waals surface area contributed by atoms with E-state index >= 15 is 0 Å². The number of aromatic hydroxyl groups is 1. The Morgan fingerprint density at radius 3 is 2.58 bits per heavy atom. The lowest BCUT2D eigenvalue weighted by Crippen LogP contribution is -2.43. The van der Waals surface area contributed by atoms with Gasteiger partial charge in [0.15, 0.2) is 0 Å². The normalized spacial score (nSPS) is 23.6. The minimum Gasteiger partial charge on any atom is -0.508 e. The van der Waals surface area contributed by atoms with E-state index in [4.69, 9.17) is 0 Å². The zero-order valence-electron chi connectivity index (χ0n) is 11.0. The highest BCUT2D eigenvalue weighted by molar-refractivity contribution is 5.78. The van der Waals surface area contributed by atoms with Crippen LogP contribution >= 0.6 is 0 Å². The molecule has 0 aliphatic heterocycles. The van der Waals surface area contributed by atoms with Crippen molar-refractivity contribution in [3.05, 3.63) is 29.8 Å². The zero-order chi connectivity index (χ0) is 13.7. The van der Waals surface area contributed by atoms with Crippen molar-refractivity contribution in [2.45, 2.75) is 50.7 Å². The number of amides is 1. The molecule has 2 unspecified atom stereocenters. The Kier molecular flexibility index (Phi) is 4.80. The summed E-state index contributed by atoms with van der Waals surface area (Å²) in [6.45, 7) is 0. The van der Waals surface area contributed by atoms with E-state index in [1.807, 2.05) is 0 Å². The molecule has 0 saturated heterocycles. The molecule has 1 aromatic rings. The van der Waals surface area contributed by atoms with Gasteiger partial charge in [-0.3, -0.25) is 4.79 Å². The third-order valence-electron chi connectivity index (χ3n) is 3.63. The monoisotopic (exact) mass is 263 g/mol. The number of benzene rings is 1. The number of nitrogens with one attached hydrogen (secondary N) is 1. The second-order valence-electron chi connectivity index (χ2n) is 5.22. The molecule has 1 fully saturated rings. The number of aliphatic hydroxyl groups is 1. The first-order chi connectivity index (χ1) is 9.15. The Hall–Kier alpha value is -1.55. The van der Waals surface area contributed by atoms with Crippen LogP contribution in [0, 0.1) is 0 Å². The van der Waals surface area contributed by atoms with Gasteiger partial charge >= 0.3 is 0 Å². The summed E-state index contributed by atoms with van der Waals surface area (Å²) in [7, 11) is 0. The van der Waals surface area contributed by atoms with Gasteiger partial charge in [0.1, 0.15) is 5.75 Å². The molecule has 4 heteroatoms. The number of phenolic OH excluding ortho intramolecular Hbond substituents is 1. The van der Waals surface area contributed by atoms with Gasteiger partial charge in [0.05, 0.1) is 18.6 Å². The van der Waals surface area contributed by atoms with E-state index in [-0.39, 0.29) is 24.1 Å². The third-order valence-corrected chi connectivity index (χ3v) is 3.63. The Labute approximate surface area is 113 Å². The van der Waals surface area contributed by atoms with Gasteiger partial charge in [0.25, 0.3) is 0 Å². The highest BCUT2D eigenvalue weighted by Crippen LogP contribution is 2.18. The number of hydrogen-bond donors (Lipinski definition) is 3. The van der Waals surface area contributed by atoms with Gasteiger partial charge in [-0.1, -0.05) is 31.4 Å². The van der Waals surface area contributed by atoms with E-state index in [1.54, 1.807) is 24.3 Å². The molecule has 0 spiro atoms. The molecule has 2 atom stereocenters. The zero-order valence-corrected chi connectivity index (χ0v) is 11.0. The lowest BCUT2D eigenvalue weighted by Gasteiger charge is -2.21. The van der Waals surface area contributed by atoms with Crippen molar-refractivity contribution in [1.82, 2.24) is 5.32 Å². The summed E-state index contributed by atoms with van der Waals surface area (Å²) in [5, 5.41) is 22.1. The number of hydrogen-bond acceptors (Lipinski definition) is 3. The molecule has 1 aliphatic carbocycles. The number of rotatable bonds is 3. The maximum Gasteiger partial charge on any atom is 0.224 e. The van der Waals surface area contributed by atoms with Crippen molar-refractivity contribution in [1.29, 1.82) is 0 Å². The van der Waals surface area contributed by atoms with E-state index in [1.165, 1.54) is 0 Å². The van der Waals surface area contributed by atoms with Gasteiger partial charge in [-0.15, -0.1) is 0 Å². The molecule has 104 valence electrons. The maximum atomic E-state index is 11.9. The molecule has 2 rings (SSSR count). The molecule has 1 amide bonds. The lowest BCUT2D eigenvalue weighted by atomic mass is 10.1. The summed E-state index contributed by atoms with van der Waals surface area (Å²) in [6, 6.07) is 6.50. The van der Waals surface area contributed by atoms with Crippen LogP contribution in [0.1, 0.15) is 37.7 Å². The van der Waals surface area contributed by atoms with Crippen molar-refractivity contribution in [3.8, 4) is 5.75 Å². The third kappa shape index (κ3) is 4.24. The first-order valence-electron chi connectivity index (χ1n) is 6.90. The van der Waals surface area contributed by atoms with Crippen LogP contribution in [0.25, 0.3) is 0 Å². The van der Waals surface area contributed by atoms with Crippen LogP contribution in [0.5, 0.6) is 5.75 Å². The van der Waals surface area contributed by atoms with Crippen LogP contribution in [0.4, 0.5) is 0 Å². The van der Waals surface area contributed by atoms with Crippen LogP contribution in [0.2, 0.25) is 0 Å². The van der Waals surface area contributed by atoms with Crippen LogP contribution in [0.15, 0.2) is 24.3 Å². The first kappa shape index (κ1) is 13.9. The van der Waals surface area contributed by atoms with Gasteiger partial charge in [0, 0.05) is 0 Å². The number of phenols is 1. The summed E-state index contributed by atoms with van der Waals surface area (Å²) >= 11 is 0. The van der Waals surface area contributed by atoms with E-state index < -0.39 is 6.10 Å². The largest absolute Gasteiger partial charge is 0.508 e. The fraction of sp³-hybridized carbons (Fsp3) is 0.533. The van der Waals surface area contributed by atoms with Crippen LogP contribution in [0.3, 0.4) is 0 Å². The standard InChI is InChI=1S/C15H21NO3/c17-12-8-6-11(7-9-12)10-15(19)16-13-4-2-1-3-5-14(13)18/h6-9,13-14,17-18H,1-5,10H2,(H,16,19). The Balaban J connectivity index is 1.87. The van der Waals surface area contributed by atoms with E-state index in [0.717, 1.165) is 37.7 Å². The lowest BCUT2D eigenvalue weighted by molar-refractivity contribution is -0.122. The molecule has 0 heterocycles. The van der Waals surface area contributed by atoms with Crippen LogP contribution in [-0.4, -0.2) is 28.3 Å². The molecule has 0 aromatic heterocycles. The fourth-order valence-corrected chi connectivity index (χ4v) is 2.51. The second-order valence-corrected chi connectivity index (χ2v) is 5.22. The SMILES string of the molecule is O=C(Cc1ccc(O)cc1)NC1CCCCCC1O. The molecule has 1 aromatic carbocycles. The van der Waals surface area contributed by atoms with Gasteiger partial charge in [-0.05, 0) is 30.5 Å². The van der Waals surface area contributed by atoms with Crippen molar-refractivity contribution < 1.29 is 15.0 Å². The smallest absolute Gasteiger partial charge is 0.224 e. The topological polar surface area (TPSA) is 69.6 Å². The molecule has 4 nitrogen and oxygen atoms in total. The second kappa shape index (κ2) is 6.57. The first-order valence-corrected chi connectivity index (χ1v) is 6.90. The highest BCUT2D eigenvalue weighted by atomic mass is 16.3. The molecule has 0 bridgehead atoms. The summed E-state index contributed by atoms with van der Waals surface area (Å²) in [6.07, 6.45) is 4.69. The average Bonchev–Trinajstić information content (AvgIpc) is 2.58. The summed E-state index contributed by atoms with van der Waals surface area (Å²) in [5.74, 6) is 0.125. The van der Waals surface area contributed by atoms with Crippen LogP contribution < -0.4 is 5.32 Å². The van der Waals surface area contributed by atoms with Crippen molar-refractivity contribution in [3.63, 3.8) is 0 Å². The fourth-order valence-electron chi connectivity index (χ4n) is 2.51. The summed E-state index contributed by atoms with van der Waals surface area (Å²) in [5.41, 5.74) is 0.860. The van der Waals surface area contributed by atoms with Crippen molar-refractivity contribution >= 4 is 5.91 Å². The van der Waals surface area contributed by atoms with Gasteiger partial charge < -0.3 is 15.5 Å². The average molecular weight is 263 g/mol. The van der Waals surface area contributed by atoms with Gasteiger partial charge in [-0.2, -0.15) is 0 Å². The minimum atomic E-state index is -0.425. The van der Waals surface area contributed by atoms with Crippen molar-refractivity contribution in [2.24, 2.45) is 0 Å². The van der Waals surface area contributed by atoms with E-state index in [0.29, 0.717) is 0 Å². The molecule has 3 N–H and O–H groups in total.